The number of fused-ring (bicyclic) bond motifs is 1. The molecule has 68 valence electrons. The minimum atomic E-state index is 0.202. The van der Waals surface area contributed by atoms with Crippen molar-refractivity contribution in [2.24, 2.45) is 0 Å². The van der Waals surface area contributed by atoms with Crippen LogP contribution in [0.4, 0.5) is 0 Å². The molecule has 0 saturated carbocycles. The first-order valence-electron chi connectivity index (χ1n) is 4.17. The molecular formula is C10H10BrNO. The summed E-state index contributed by atoms with van der Waals surface area (Å²) in [7, 11) is 0. The van der Waals surface area contributed by atoms with Crippen LogP contribution in [0.2, 0.25) is 0 Å². The van der Waals surface area contributed by atoms with E-state index in [9.17, 15) is 0 Å². The molecule has 1 aromatic heterocycles. The number of aromatic nitrogens is 1. The Morgan fingerprint density at radius 2 is 2.23 bits per heavy atom. The Bertz CT molecular complexity index is 422. The number of aliphatic hydroxyl groups is 1. The van der Waals surface area contributed by atoms with Crippen LogP contribution in [-0.2, 0) is 6.42 Å². The van der Waals surface area contributed by atoms with Crippen molar-refractivity contribution in [2.45, 2.75) is 6.42 Å². The highest BCUT2D eigenvalue weighted by atomic mass is 79.9. The third-order valence-corrected chi connectivity index (χ3v) is 2.75. The van der Waals surface area contributed by atoms with Crippen LogP contribution < -0.4 is 0 Å². The lowest BCUT2D eigenvalue weighted by Gasteiger charge is -1.97. The van der Waals surface area contributed by atoms with Gasteiger partial charge in [0.15, 0.2) is 0 Å². The molecule has 0 aliphatic carbocycles. The van der Waals surface area contributed by atoms with E-state index in [1.165, 1.54) is 5.39 Å². The largest absolute Gasteiger partial charge is 0.396 e. The number of benzene rings is 1. The number of halogens is 1. The van der Waals surface area contributed by atoms with Gasteiger partial charge in [0.2, 0.25) is 0 Å². The average Bonchev–Trinajstić information content (AvgIpc) is 2.48. The summed E-state index contributed by atoms with van der Waals surface area (Å²) in [5.74, 6) is 0. The van der Waals surface area contributed by atoms with Crippen molar-refractivity contribution < 1.29 is 5.11 Å². The Balaban J connectivity index is 2.50. The van der Waals surface area contributed by atoms with Gasteiger partial charge in [-0.15, -0.1) is 0 Å². The Kier molecular flexibility index (Phi) is 2.38. The maximum atomic E-state index is 8.78. The van der Waals surface area contributed by atoms with Gasteiger partial charge < -0.3 is 10.1 Å². The molecule has 0 radical (unpaired) electrons. The van der Waals surface area contributed by atoms with Crippen LogP contribution in [0.1, 0.15) is 5.56 Å². The minimum absolute atomic E-state index is 0.202. The van der Waals surface area contributed by atoms with Gasteiger partial charge >= 0.3 is 0 Å². The fourth-order valence-corrected chi connectivity index (χ4v) is 1.88. The molecule has 0 spiro atoms. The fourth-order valence-electron chi connectivity index (χ4n) is 1.42. The molecule has 0 aliphatic rings. The van der Waals surface area contributed by atoms with Crippen LogP contribution in [0.5, 0.6) is 0 Å². The number of H-pyrrole nitrogens is 1. The summed E-state index contributed by atoms with van der Waals surface area (Å²) >= 11 is 3.45. The second-order valence-corrected chi connectivity index (χ2v) is 3.84. The number of hydrogen-bond donors (Lipinski definition) is 2. The highest BCUT2D eigenvalue weighted by Crippen LogP contribution is 2.24. The summed E-state index contributed by atoms with van der Waals surface area (Å²) in [6.45, 7) is 0.202. The summed E-state index contributed by atoms with van der Waals surface area (Å²) in [5, 5.41) is 9.96. The maximum absolute atomic E-state index is 8.78. The van der Waals surface area contributed by atoms with Crippen molar-refractivity contribution in [1.82, 2.24) is 4.98 Å². The Hall–Kier alpha value is -0.800. The van der Waals surface area contributed by atoms with Crippen LogP contribution in [0.15, 0.2) is 28.9 Å². The topological polar surface area (TPSA) is 36.0 Å². The summed E-state index contributed by atoms with van der Waals surface area (Å²) in [4.78, 5) is 3.16. The SMILES string of the molecule is OCCc1ccc2c(Br)c[nH]c2c1. The van der Waals surface area contributed by atoms with Crippen molar-refractivity contribution in [2.75, 3.05) is 6.61 Å². The number of aliphatic hydroxyl groups excluding tert-OH is 1. The molecule has 0 bridgehead atoms. The second-order valence-electron chi connectivity index (χ2n) is 2.99. The fraction of sp³-hybridized carbons (Fsp3) is 0.200. The predicted molar refractivity (Wildman–Crippen MR) is 56.8 cm³/mol. The minimum Gasteiger partial charge on any atom is -0.396 e. The molecule has 2 N–H and O–H groups in total. The molecule has 13 heavy (non-hydrogen) atoms. The third-order valence-electron chi connectivity index (χ3n) is 2.10. The van der Waals surface area contributed by atoms with Gasteiger partial charge in [-0.25, -0.2) is 0 Å². The van der Waals surface area contributed by atoms with Gasteiger partial charge in [-0.1, -0.05) is 12.1 Å². The lowest BCUT2D eigenvalue weighted by Crippen LogP contribution is -1.89. The Morgan fingerprint density at radius 1 is 1.38 bits per heavy atom. The third kappa shape index (κ3) is 1.62. The van der Waals surface area contributed by atoms with Crippen LogP contribution in [0.25, 0.3) is 10.9 Å². The van der Waals surface area contributed by atoms with Crippen molar-refractivity contribution in [3.05, 3.63) is 34.4 Å². The van der Waals surface area contributed by atoms with Gasteiger partial charge in [-0.05, 0) is 34.0 Å². The summed E-state index contributed by atoms with van der Waals surface area (Å²) in [5.41, 5.74) is 2.27. The molecule has 1 aromatic carbocycles. The summed E-state index contributed by atoms with van der Waals surface area (Å²) in [6, 6.07) is 6.16. The van der Waals surface area contributed by atoms with E-state index < -0.39 is 0 Å². The van der Waals surface area contributed by atoms with E-state index in [0.29, 0.717) is 6.42 Å². The van der Waals surface area contributed by atoms with E-state index >= 15 is 0 Å². The molecule has 0 amide bonds. The molecule has 2 rings (SSSR count). The van der Waals surface area contributed by atoms with Crippen molar-refractivity contribution in [1.29, 1.82) is 0 Å². The van der Waals surface area contributed by atoms with Gasteiger partial charge in [-0.3, -0.25) is 0 Å². The van der Waals surface area contributed by atoms with E-state index in [0.717, 1.165) is 15.6 Å². The lowest BCUT2D eigenvalue weighted by molar-refractivity contribution is 0.299. The predicted octanol–water partition coefficient (Wildman–Crippen LogP) is 2.47. The van der Waals surface area contributed by atoms with Gasteiger partial charge in [-0.2, -0.15) is 0 Å². The van der Waals surface area contributed by atoms with Crippen LogP contribution in [0, 0.1) is 0 Å². The van der Waals surface area contributed by atoms with Crippen molar-refractivity contribution in [3.63, 3.8) is 0 Å². The Morgan fingerprint density at radius 3 is 3.00 bits per heavy atom. The van der Waals surface area contributed by atoms with Gasteiger partial charge in [0.05, 0.1) is 0 Å². The van der Waals surface area contributed by atoms with Crippen molar-refractivity contribution in [3.8, 4) is 0 Å². The zero-order valence-corrected chi connectivity index (χ0v) is 8.63. The first-order valence-corrected chi connectivity index (χ1v) is 4.97. The number of nitrogens with one attached hydrogen (secondary N) is 1. The monoisotopic (exact) mass is 239 g/mol. The molecule has 2 nitrogen and oxygen atoms in total. The van der Waals surface area contributed by atoms with Crippen LogP contribution in [0.3, 0.4) is 0 Å². The standard InChI is InChI=1S/C10H10BrNO/c11-9-6-12-10-5-7(3-4-13)1-2-8(9)10/h1-2,5-6,12-13H,3-4H2. The molecule has 1 heterocycles. The zero-order chi connectivity index (χ0) is 9.26. The van der Waals surface area contributed by atoms with Crippen LogP contribution in [-0.4, -0.2) is 16.7 Å². The molecule has 0 saturated heterocycles. The maximum Gasteiger partial charge on any atom is 0.0471 e. The first kappa shape index (κ1) is 8.78. The quantitative estimate of drug-likeness (QED) is 0.831. The van der Waals surface area contributed by atoms with Gasteiger partial charge in [0.25, 0.3) is 0 Å². The summed E-state index contributed by atoms with van der Waals surface area (Å²) in [6.07, 6.45) is 2.64. The molecule has 2 aromatic rings. The summed E-state index contributed by atoms with van der Waals surface area (Å²) < 4.78 is 1.08. The second kappa shape index (κ2) is 3.52. The number of aromatic amines is 1. The number of hydrogen-bond acceptors (Lipinski definition) is 1. The molecule has 0 atom stereocenters. The highest BCUT2D eigenvalue weighted by Gasteiger charge is 2.00. The number of rotatable bonds is 2. The lowest BCUT2D eigenvalue weighted by atomic mass is 10.1. The molecule has 3 heteroatoms. The smallest absolute Gasteiger partial charge is 0.0471 e. The molecule has 0 unspecified atom stereocenters. The normalized spacial score (nSPS) is 10.9. The van der Waals surface area contributed by atoms with E-state index in [1.54, 1.807) is 0 Å². The first-order chi connectivity index (χ1) is 6.31. The van der Waals surface area contributed by atoms with Gasteiger partial charge in [0.1, 0.15) is 0 Å². The van der Waals surface area contributed by atoms with E-state index in [1.807, 2.05) is 12.3 Å². The zero-order valence-electron chi connectivity index (χ0n) is 7.05. The van der Waals surface area contributed by atoms with Crippen molar-refractivity contribution >= 4 is 26.8 Å². The Labute approximate surface area is 84.7 Å². The molecular weight excluding hydrogens is 230 g/mol. The van der Waals surface area contributed by atoms with E-state index in [4.69, 9.17) is 5.11 Å². The highest BCUT2D eigenvalue weighted by molar-refractivity contribution is 9.10. The van der Waals surface area contributed by atoms with Crippen LogP contribution >= 0.6 is 15.9 Å². The van der Waals surface area contributed by atoms with Gasteiger partial charge in [0, 0.05) is 28.2 Å². The van der Waals surface area contributed by atoms with E-state index in [2.05, 4.69) is 33.0 Å². The molecule has 0 fully saturated rings. The van der Waals surface area contributed by atoms with E-state index in [-0.39, 0.29) is 6.61 Å². The molecule has 0 aliphatic heterocycles. The average molecular weight is 240 g/mol.